The predicted molar refractivity (Wildman–Crippen MR) is 67.5 cm³/mol. The molecule has 6 heteroatoms. The maximum atomic E-state index is 13.3. The van der Waals surface area contributed by atoms with Gasteiger partial charge in [0, 0.05) is 32.2 Å². The molecule has 0 spiro atoms. The smallest absolute Gasteiger partial charge is 0.325 e. The zero-order chi connectivity index (χ0) is 14.0. The highest BCUT2D eigenvalue weighted by molar-refractivity contribution is 5.75. The van der Waals surface area contributed by atoms with Crippen LogP contribution in [0.15, 0.2) is 18.2 Å². The summed E-state index contributed by atoms with van der Waals surface area (Å²) in [6, 6.07) is 2.51. The van der Waals surface area contributed by atoms with Crippen molar-refractivity contribution in [2.24, 2.45) is 0 Å². The molecule has 0 saturated carbocycles. The van der Waals surface area contributed by atoms with E-state index in [-0.39, 0.29) is 11.3 Å². The predicted octanol–water partition coefficient (Wildman–Crippen LogP) is 0.904. The summed E-state index contributed by atoms with van der Waals surface area (Å²) in [5, 5.41) is 18.8. The number of carboxylic acids is 1. The van der Waals surface area contributed by atoms with E-state index in [0.717, 1.165) is 25.2 Å². The zero-order valence-electron chi connectivity index (χ0n) is 10.7. The van der Waals surface area contributed by atoms with E-state index in [4.69, 9.17) is 0 Å². The summed E-state index contributed by atoms with van der Waals surface area (Å²) in [5.74, 6) is -1.92. The molecule has 0 aromatic heterocycles. The fraction of sp³-hybridized carbons (Fsp3) is 0.462. The lowest BCUT2D eigenvalue weighted by Crippen LogP contribution is -2.47. The second-order valence-electron chi connectivity index (χ2n) is 4.82. The number of carboxylic acid groups (broad SMARTS) is 1. The number of carbonyl (C=O) groups is 1. The first kappa shape index (κ1) is 13.8. The van der Waals surface area contributed by atoms with E-state index in [2.05, 4.69) is 4.90 Å². The van der Waals surface area contributed by atoms with Crippen LogP contribution in [0.1, 0.15) is 11.6 Å². The van der Waals surface area contributed by atoms with Crippen molar-refractivity contribution in [2.45, 2.75) is 6.04 Å². The van der Waals surface area contributed by atoms with Crippen LogP contribution in [0.25, 0.3) is 0 Å². The Morgan fingerprint density at radius 2 is 1.89 bits per heavy atom. The van der Waals surface area contributed by atoms with Crippen molar-refractivity contribution in [1.82, 2.24) is 9.80 Å². The Balaban J connectivity index is 2.27. The van der Waals surface area contributed by atoms with E-state index in [1.54, 1.807) is 4.90 Å². The van der Waals surface area contributed by atoms with Crippen molar-refractivity contribution < 1.29 is 19.4 Å². The molecule has 0 aliphatic carbocycles. The molecule has 1 unspecified atom stereocenters. The van der Waals surface area contributed by atoms with Crippen molar-refractivity contribution >= 4 is 5.97 Å². The highest BCUT2D eigenvalue weighted by atomic mass is 19.1. The minimum atomic E-state index is -1.03. The molecule has 1 fully saturated rings. The van der Waals surface area contributed by atoms with Gasteiger partial charge in [-0.05, 0) is 24.7 Å². The first-order valence-corrected chi connectivity index (χ1v) is 6.12. The Morgan fingerprint density at radius 3 is 2.42 bits per heavy atom. The maximum absolute atomic E-state index is 13.3. The number of nitrogens with zero attached hydrogens (tertiary/aromatic N) is 2. The molecule has 2 rings (SSSR count). The summed E-state index contributed by atoms with van der Waals surface area (Å²) in [4.78, 5) is 15.3. The van der Waals surface area contributed by atoms with Gasteiger partial charge in [-0.2, -0.15) is 0 Å². The first-order chi connectivity index (χ1) is 8.97. The average Bonchev–Trinajstić information content (AvgIpc) is 2.30. The van der Waals surface area contributed by atoms with E-state index in [9.17, 15) is 19.4 Å². The van der Waals surface area contributed by atoms with Crippen LogP contribution in [0.3, 0.4) is 0 Å². The number of hydrogen-bond donors (Lipinski definition) is 2. The molecule has 2 N–H and O–H groups in total. The Morgan fingerprint density at radius 1 is 1.26 bits per heavy atom. The number of aromatic hydroxyl groups is 1. The quantitative estimate of drug-likeness (QED) is 0.853. The van der Waals surface area contributed by atoms with Gasteiger partial charge < -0.3 is 15.1 Å². The Labute approximate surface area is 110 Å². The molecule has 104 valence electrons. The summed E-state index contributed by atoms with van der Waals surface area (Å²) in [5.41, 5.74) is 0.273. The van der Waals surface area contributed by atoms with Crippen LogP contribution >= 0.6 is 0 Å². The summed E-state index contributed by atoms with van der Waals surface area (Å²) in [6.07, 6.45) is 0. The summed E-state index contributed by atoms with van der Waals surface area (Å²) < 4.78 is 13.3. The van der Waals surface area contributed by atoms with Gasteiger partial charge in [0.25, 0.3) is 0 Å². The van der Waals surface area contributed by atoms with E-state index in [1.807, 2.05) is 7.05 Å². The van der Waals surface area contributed by atoms with Crippen LogP contribution in [0.5, 0.6) is 5.75 Å². The second kappa shape index (κ2) is 5.54. The molecule has 1 aromatic carbocycles. The van der Waals surface area contributed by atoms with Gasteiger partial charge in [-0.15, -0.1) is 0 Å². The van der Waals surface area contributed by atoms with Crippen LogP contribution in [0.2, 0.25) is 0 Å². The van der Waals surface area contributed by atoms with E-state index in [0.29, 0.717) is 13.1 Å². The number of phenols is 1. The fourth-order valence-electron chi connectivity index (χ4n) is 2.34. The Kier molecular flexibility index (Phi) is 4.01. The summed E-state index contributed by atoms with van der Waals surface area (Å²) in [6.45, 7) is 2.74. The summed E-state index contributed by atoms with van der Waals surface area (Å²) >= 11 is 0. The molecule has 5 nitrogen and oxygen atoms in total. The molecular weight excluding hydrogens is 251 g/mol. The van der Waals surface area contributed by atoms with E-state index in [1.165, 1.54) is 6.07 Å². The number of aliphatic carboxylic acids is 1. The minimum Gasteiger partial charge on any atom is -0.508 e. The zero-order valence-corrected chi connectivity index (χ0v) is 10.7. The second-order valence-corrected chi connectivity index (χ2v) is 4.82. The van der Waals surface area contributed by atoms with Crippen molar-refractivity contribution in [3.05, 3.63) is 29.6 Å². The van der Waals surface area contributed by atoms with Gasteiger partial charge >= 0.3 is 5.97 Å². The lowest BCUT2D eigenvalue weighted by atomic mass is 10.0. The SMILES string of the molecule is CN1CCN(C(C(=O)O)c2cc(O)cc(F)c2)CC1. The molecule has 1 saturated heterocycles. The highest BCUT2D eigenvalue weighted by Gasteiger charge is 2.30. The number of hydrogen-bond acceptors (Lipinski definition) is 4. The average molecular weight is 268 g/mol. The third-order valence-corrected chi connectivity index (χ3v) is 3.36. The Bertz CT molecular complexity index is 453. The van der Waals surface area contributed by atoms with Gasteiger partial charge in [0.15, 0.2) is 0 Å². The number of likely N-dealkylation sites (N-methyl/N-ethyl adjacent to an activating group) is 1. The molecule has 0 radical (unpaired) electrons. The van der Waals surface area contributed by atoms with Crippen LogP contribution in [0.4, 0.5) is 4.39 Å². The molecule has 0 amide bonds. The number of benzene rings is 1. The molecule has 1 heterocycles. The van der Waals surface area contributed by atoms with Gasteiger partial charge in [0.2, 0.25) is 0 Å². The van der Waals surface area contributed by atoms with Gasteiger partial charge in [-0.25, -0.2) is 4.39 Å². The lowest BCUT2D eigenvalue weighted by molar-refractivity contribution is -0.144. The lowest BCUT2D eigenvalue weighted by Gasteiger charge is -2.36. The topological polar surface area (TPSA) is 64.0 Å². The molecule has 1 aliphatic rings. The number of piperazine rings is 1. The van der Waals surface area contributed by atoms with Crippen LogP contribution in [-0.4, -0.2) is 59.2 Å². The first-order valence-electron chi connectivity index (χ1n) is 6.12. The maximum Gasteiger partial charge on any atom is 0.325 e. The van der Waals surface area contributed by atoms with Crippen LogP contribution in [-0.2, 0) is 4.79 Å². The molecule has 19 heavy (non-hydrogen) atoms. The van der Waals surface area contributed by atoms with E-state index < -0.39 is 17.8 Å². The van der Waals surface area contributed by atoms with E-state index >= 15 is 0 Å². The molecule has 1 atom stereocenters. The minimum absolute atomic E-state index is 0.254. The van der Waals surface area contributed by atoms with Crippen molar-refractivity contribution in [2.75, 3.05) is 33.2 Å². The standard InChI is InChI=1S/C13H17FN2O3/c1-15-2-4-16(5-3-15)12(13(18)19)9-6-10(14)8-11(17)7-9/h6-8,12,17H,2-5H2,1H3,(H,18,19). The fourth-order valence-corrected chi connectivity index (χ4v) is 2.34. The number of rotatable bonds is 3. The molecule has 1 aliphatic heterocycles. The number of phenolic OH excluding ortho intramolecular Hbond substituents is 1. The van der Waals surface area contributed by atoms with Crippen LogP contribution in [0, 0.1) is 5.82 Å². The van der Waals surface area contributed by atoms with Crippen molar-refractivity contribution in [3.8, 4) is 5.75 Å². The molecular formula is C13H17FN2O3. The normalized spacial score (nSPS) is 19.3. The molecule has 0 bridgehead atoms. The van der Waals surface area contributed by atoms with Crippen LogP contribution < -0.4 is 0 Å². The Hall–Kier alpha value is -1.66. The third-order valence-electron chi connectivity index (χ3n) is 3.36. The largest absolute Gasteiger partial charge is 0.508 e. The van der Waals surface area contributed by atoms with Crippen molar-refractivity contribution in [1.29, 1.82) is 0 Å². The third kappa shape index (κ3) is 3.21. The van der Waals surface area contributed by atoms with Gasteiger partial charge in [-0.3, -0.25) is 9.69 Å². The van der Waals surface area contributed by atoms with Crippen molar-refractivity contribution in [3.63, 3.8) is 0 Å². The highest BCUT2D eigenvalue weighted by Crippen LogP contribution is 2.26. The number of halogens is 1. The summed E-state index contributed by atoms with van der Waals surface area (Å²) in [7, 11) is 1.97. The monoisotopic (exact) mass is 268 g/mol. The molecule has 1 aromatic rings. The van der Waals surface area contributed by atoms with Gasteiger partial charge in [-0.1, -0.05) is 0 Å². The van der Waals surface area contributed by atoms with Gasteiger partial charge in [0.05, 0.1) is 0 Å². The van der Waals surface area contributed by atoms with Gasteiger partial charge in [0.1, 0.15) is 17.6 Å².